The molecule has 0 bridgehead atoms. The molecule has 7 aliphatic rings. The van der Waals surface area contributed by atoms with E-state index in [1.165, 1.54) is 4.31 Å². The number of likely N-dealkylation sites (tertiary alicyclic amines) is 1. The maximum absolute atomic E-state index is 13.8. The van der Waals surface area contributed by atoms with E-state index in [9.17, 15) is 32.7 Å². The SMILES string of the molecule is O=C1CCC(N2Cc3cc(CN4CC(Oc5cccc(S(=O)(=O)N6CCC(Nc7ncc8c(n7)N([C@@H]7CCC[C@@H](O)C7)C(=O)C87CC7)CC6)c5)C4)ccc3C2=O)C(=O)N1. The lowest BCUT2D eigenvalue weighted by atomic mass is 9.92. The molecule has 2 saturated carbocycles. The van der Waals surface area contributed by atoms with Gasteiger partial charge in [0.1, 0.15) is 23.7 Å². The van der Waals surface area contributed by atoms with E-state index in [-0.39, 0.29) is 47.2 Å². The molecule has 1 spiro atoms. The van der Waals surface area contributed by atoms with E-state index < -0.39 is 33.5 Å². The van der Waals surface area contributed by atoms with Crippen molar-refractivity contribution in [2.75, 3.05) is 36.4 Å². The van der Waals surface area contributed by atoms with E-state index in [0.717, 1.165) is 48.8 Å². The highest BCUT2D eigenvalue weighted by Gasteiger charge is 2.61. The van der Waals surface area contributed by atoms with Gasteiger partial charge in [-0.1, -0.05) is 18.2 Å². The minimum atomic E-state index is -3.77. The van der Waals surface area contributed by atoms with E-state index in [0.29, 0.717) is 88.0 Å². The number of aliphatic hydroxyl groups is 1. The van der Waals surface area contributed by atoms with Gasteiger partial charge in [0.15, 0.2) is 0 Å². The van der Waals surface area contributed by atoms with E-state index >= 15 is 0 Å². The van der Waals surface area contributed by atoms with Crippen molar-refractivity contribution in [1.29, 1.82) is 0 Å². The summed E-state index contributed by atoms with van der Waals surface area (Å²) in [5.74, 6) is 0.725. The number of amides is 4. The zero-order valence-corrected chi connectivity index (χ0v) is 33.5. The molecule has 3 aromatic rings. The Hall–Kier alpha value is -4.97. The van der Waals surface area contributed by atoms with Crippen LogP contribution in [0.2, 0.25) is 0 Å². The van der Waals surface area contributed by atoms with E-state index in [4.69, 9.17) is 9.72 Å². The number of aliphatic hydroxyl groups excluding tert-OH is 1. The quantitative estimate of drug-likeness (QED) is 0.253. The number of anilines is 2. The normalized spacial score (nSPS) is 26.2. The first-order chi connectivity index (χ1) is 28.4. The van der Waals surface area contributed by atoms with Gasteiger partial charge in [-0.05, 0) is 87.1 Å². The lowest BCUT2D eigenvalue weighted by Gasteiger charge is -2.39. The van der Waals surface area contributed by atoms with Crippen LogP contribution >= 0.6 is 0 Å². The Morgan fingerprint density at radius 3 is 2.56 bits per heavy atom. The number of imide groups is 1. The van der Waals surface area contributed by atoms with Crippen LogP contribution in [0.1, 0.15) is 91.3 Å². The van der Waals surface area contributed by atoms with Gasteiger partial charge in [0, 0.05) is 81.2 Å². The Morgan fingerprint density at radius 2 is 1.80 bits per heavy atom. The highest BCUT2D eigenvalue weighted by molar-refractivity contribution is 7.89. The first kappa shape index (κ1) is 38.2. The number of sulfonamides is 1. The molecule has 0 radical (unpaired) electrons. The first-order valence-corrected chi connectivity index (χ1v) is 22.3. The predicted octanol–water partition coefficient (Wildman–Crippen LogP) is 2.45. The average molecular weight is 825 g/mol. The summed E-state index contributed by atoms with van der Waals surface area (Å²) in [5.41, 5.74) is 2.85. The number of nitrogens with zero attached hydrogens (tertiary/aromatic N) is 6. The molecule has 5 aliphatic heterocycles. The van der Waals surface area contributed by atoms with Gasteiger partial charge in [-0.3, -0.25) is 34.3 Å². The summed E-state index contributed by atoms with van der Waals surface area (Å²) in [6, 6.07) is 11.7. The number of hydrogen-bond acceptors (Lipinski definition) is 12. The molecular formula is C42H48N8O8S. The molecule has 4 amide bonds. The fourth-order valence-electron chi connectivity index (χ4n) is 9.91. The van der Waals surface area contributed by atoms with Gasteiger partial charge in [0.2, 0.25) is 33.7 Å². The van der Waals surface area contributed by atoms with Gasteiger partial charge in [-0.2, -0.15) is 9.29 Å². The maximum Gasteiger partial charge on any atom is 0.255 e. The van der Waals surface area contributed by atoms with Crippen molar-refractivity contribution in [3.63, 3.8) is 0 Å². The number of hydrogen-bond donors (Lipinski definition) is 3. The lowest BCUT2D eigenvalue weighted by Crippen LogP contribution is -2.53. The molecule has 2 aromatic carbocycles. The van der Waals surface area contributed by atoms with Crippen LogP contribution in [0.5, 0.6) is 5.75 Å². The van der Waals surface area contributed by atoms with Crippen LogP contribution in [-0.2, 0) is 42.9 Å². The molecule has 3 atom stereocenters. The van der Waals surface area contributed by atoms with E-state index in [1.807, 2.05) is 23.1 Å². The van der Waals surface area contributed by atoms with Crippen LogP contribution < -0.4 is 20.3 Å². The van der Waals surface area contributed by atoms with Crippen molar-refractivity contribution >= 4 is 45.4 Å². The van der Waals surface area contributed by atoms with Crippen LogP contribution in [0, 0.1) is 0 Å². The highest BCUT2D eigenvalue weighted by Crippen LogP contribution is 2.57. The van der Waals surface area contributed by atoms with Gasteiger partial charge >= 0.3 is 0 Å². The third-order valence-corrected chi connectivity index (χ3v) is 15.2. The van der Waals surface area contributed by atoms with E-state index in [1.54, 1.807) is 35.4 Å². The minimum absolute atomic E-state index is 0.0421. The fourth-order valence-corrected chi connectivity index (χ4v) is 11.4. The Balaban J connectivity index is 0.716. The van der Waals surface area contributed by atoms with Crippen molar-refractivity contribution in [3.05, 3.63) is 70.9 Å². The van der Waals surface area contributed by atoms with E-state index in [2.05, 4.69) is 20.5 Å². The predicted molar refractivity (Wildman–Crippen MR) is 213 cm³/mol. The number of rotatable bonds is 10. The number of carbonyl (C=O) groups is 4. The third kappa shape index (κ3) is 6.94. The highest BCUT2D eigenvalue weighted by atomic mass is 32.2. The number of carbonyl (C=O) groups excluding carboxylic acids is 4. The van der Waals surface area contributed by atoms with Gasteiger partial charge in [0.05, 0.1) is 16.4 Å². The topological polar surface area (TPSA) is 195 Å². The van der Waals surface area contributed by atoms with Crippen molar-refractivity contribution in [2.24, 2.45) is 0 Å². The molecular weight excluding hydrogens is 777 g/mol. The molecule has 59 heavy (non-hydrogen) atoms. The summed E-state index contributed by atoms with van der Waals surface area (Å²) in [6.07, 6.45) is 7.52. The Morgan fingerprint density at radius 1 is 0.983 bits per heavy atom. The number of nitrogens with one attached hydrogen (secondary N) is 2. The second-order valence-corrected chi connectivity index (χ2v) is 19.2. The zero-order valence-electron chi connectivity index (χ0n) is 32.7. The van der Waals surface area contributed by atoms with Crippen LogP contribution in [-0.4, -0.2) is 118 Å². The molecule has 1 aromatic heterocycles. The first-order valence-electron chi connectivity index (χ1n) is 20.9. The smallest absolute Gasteiger partial charge is 0.255 e. The van der Waals surface area contributed by atoms with Crippen LogP contribution in [0.25, 0.3) is 0 Å². The Labute approximate surface area is 342 Å². The summed E-state index contributed by atoms with van der Waals surface area (Å²) in [5, 5.41) is 16.1. The van der Waals surface area contributed by atoms with Crippen LogP contribution in [0.4, 0.5) is 11.8 Å². The number of fused-ring (bicyclic) bond motifs is 3. The monoisotopic (exact) mass is 824 g/mol. The summed E-state index contributed by atoms with van der Waals surface area (Å²) in [4.78, 5) is 65.9. The van der Waals surface area contributed by atoms with Crippen LogP contribution in [0.3, 0.4) is 0 Å². The largest absolute Gasteiger partial charge is 0.488 e. The summed E-state index contributed by atoms with van der Waals surface area (Å²) in [6.45, 7) is 2.95. The van der Waals surface area contributed by atoms with Gasteiger partial charge < -0.3 is 20.1 Å². The number of ether oxygens (including phenoxy) is 1. The molecule has 5 fully saturated rings. The average Bonchev–Trinajstić information content (AvgIpc) is 3.90. The van der Waals surface area contributed by atoms with Crippen molar-refractivity contribution in [2.45, 2.75) is 118 Å². The second kappa shape index (κ2) is 14.6. The standard InChI is InChI=1S/C42H48N8O8S/c51-29-4-1-3-28(18-29)50-37-34(42(13-14-42)40(50)55)20-43-41(46-37)44-27-11-15-48(16-12-27)59(56,57)32-6-2-5-30(19-32)58-31-23-47(24-31)21-25-7-8-33-26(17-25)22-49(39(33)54)35-9-10-36(52)45-38(35)53/h2,5-8,17,19-20,27-29,31,35,51H,1,3-4,9-16,18,21-24H2,(H,43,44,46)(H,45,52,53)/t28-,29-,35?/m1/s1. The number of benzene rings is 2. The number of aromatic nitrogens is 2. The van der Waals surface area contributed by atoms with Gasteiger partial charge in [0.25, 0.3) is 5.91 Å². The molecule has 10 rings (SSSR count). The molecule has 6 heterocycles. The summed E-state index contributed by atoms with van der Waals surface area (Å²) < 4.78 is 35.3. The molecule has 17 heteroatoms. The minimum Gasteiger partial charge on any atom is -0.488 e. The molecule has 16 nitrogen and oxygen atoms in total. The van der Waals surface area contributed by atoms with Crippen molar-refractivity contribution in [3.8, 4) is 5.75 Å². The lowest BCUT2D eigenvalue weighted by molar-refractivity contribution is -0.137. The van der Waals surface area contributed by atoms with Crippen molar-refractivity contribution in [1.82, 2.24) is 29.4 Å². The molecule has 1 unspecified atom stereocenters. The maximum atomic E-state index is 13.8. The van der Waals surface area contributed by atoms with Gasteiger partial charge in [-0.15, -0.1) is 0 Å². The second-order valence-electron chi connectivity index (χ2n) is 17.3. The summed E-state index contributed by atoms with van der Waals surface area (Å²) >= 11 is 0. The summed E-state index contributed by atoms with van der Waals surface area (Å²) in [7, 11) is -3.77. The molecule has 3 saturated heterocycles. The fraction of sp³-hybridized carbons (Fsp3) is 0.524. The molecule has 310 valence electrons. The Kier molecular flexibility index (Phi) is 9.49. The zero-order chi connectivity index (χ0) is 40.6. The Bertz CT molecular complexity index is 2340. The molecule has 3 N–H and O–H groups in total. The number of piperidine rings is 2. The van der Waals surface area contributed by atoms with Gasteiger partial charge in [-0.25, -0.2) is 13.4 Å². The molecule has 2 aliphatic carbocycles. The van der Waals surface area contributed by atoms with Crippen LogP contribution in [0.15, 0.2) is 53.6 Å². The van der Waals surface area contributed by atoms with Crippen molar-refractivity contribution < 1.29 is 37.4 Å². The third-order valence-electron chi connectivity index (χ3n) is 13.3.